The van der Waals surface area contributed by atoms with Crippen molar-refractivity contribution in [2.45, 2.75) is 0 Å². The molecule has 29 heavy (non-hydrogen) atoms. The number of para-hydroxylation sites is 1. The van der Waals surface area contributed by atoms with Gasteiger partial charge in [0.1, 0.15) is 17.8 Å². The fourth-order valence-electron chi connectivity index (χ4n) is 3.80. The minimum absolute atomic E-state index is 0.186. The van der Waals surface area contributed by atoms with Crippen molar-refractivity contribution in [2.24, 2.45) is 0 Å². The predicted octanol–water partition coefficient (Wildman–Crippen LogP) is 1.27. The third-order valence-electron chi connectivity index (χ3n) is 5.46. The Balaban J connectivity index is 1.34. The van der Waals surface area contributed by atoms with Gasteiger partial charge in [0.2, 0.25) is 0 Å². The van der Waals surface area contributed by atoms with Crippen LogP contribution in [0.4, 0.5) is 27.4 Å². The maximum atomic E-state index is 14.0. The number of anilines is 4. The van der Waals surface area contributed by atoms with E-state index in [0.29, 0.717) is 30.3 Å². The summed E-state index contributed by atoms with van der Waals surface area (Å²) in [7, 11) is 0. The number of morpholine rings is 1. The molecule has 0 spiro atoms. The molecule has 2 aliphatic heterocycles. The minimum Gasteiger partial charge on any atom is -0.393 e. The van der Waals surface area contributed by atoms with Gasteiger partial charge in [0.05, 0.1) is 18.9 Å². The van der Waals surface area contributed by atoms with Crippen LogP contribution in [0.2, 0.25) is 0 Å². The van der Waals surface area contributed by atoms with E-state index in [1.54, 1.807) is 12.4 Å². The van der Waals surface area contributed by atoms with E-state index in [-0.39, 0.29) is 5.82 Å². The first-order chi connectivity index (χ1) is 14.2. The molecule has 2 saturated heterocycles. The maximum absolute atomic E-state index is 14.0. The number of rotatable bonds is 6. The topological polar surface area (TPSA) is 82.8 Å². The minimum atomic E-state index is -0.186. The number of benzene rings is 1. The van der Waals surface area contributed by atoms with Gasteiger partial charge in [-0.25, -0.2) is 14.4 Å². The van der Waals surface area contributed by atoms with Crippen LogP contribution in [0.25, 0.3) is 0 Å². The van der Waals surface area contributed by atoms with E-state index in [9.17, 15) is 4.39 Å². The molecule has 4 rings (SSSR count). The van der Waals surface area contributed by atoms with Crippen LogP contribution >= 0.6 is 0 Å². The van der Waals surface area contributed by atoms with Gasteiger partial charge in [0, 0.05) is 52.4 Å². The molecule has 0 atom stereocenters. The summed E-state index contributed by atoms with van der Waals surface area (Å²) in [6, 6.07) is 6.89. The fourth-order valence-corrected chi connectivity index (χ4v) is 3.80. The highest BCUT2D eigenvalue weighted by atomic mass is 19.1. The van der Waals surface area contributed by atoms with E-state index in [0.717, 1.165) is 58.3 Å². The molecule has 2 aliphatic rings. The zero-order chi connectivity index (χ0) is 20.1. The lowest BCUT2D eigenvalue weighted by molar-refractivity contribution is 0.0398. The molecule has 156 valence electrons. The number of nitrogens with zero attached hydrogens (tertiary/aromatic N) is 5. The molecular formula is C20H28FN7O. The van der Waals surface area contributed by atoms with E-state index in [1.807, 2.05) is 12.1 Å². The van der Waals surface area contributed by atoms with Crippen molar-refractivity contribution in [2.75, 3.05) is 86.4 Å². The van der Waals surface area contributed by atoms with Crippen LogP contribution in [0.1, 0.15) is 0 Å². The number of ether oxygens (including phenoxy) is 1. The fraction of sp³-hybridized carbons (Fsp3) is 0.500. The van der Waals surface area contributed by atoms with Crippen LogP contribution in [0.3, 0.4) is 0 Å². The summed E-state index contributed by atoms with van der Waals surface area (Å²) in [4.78, 5) is 15.3. The average molecular weight is 401 g/mol. The van der Waals surface area contributed by atoms with Gasteiger partial charge >= 0.3 is 0 Å². The first-order valence-corrected chi connectivity index (χ1v) is 10.1. The predicted molar refractivity (Wildman–Crippen MR) is 113 cm³/mol. The Kier molecular flexibility index (Phi) is 6.26. The second-order valence-electron chi connectivity index (χ2n) is 7.27. The summed E-state index contributed by atoms with van der Waals surface area (Å²) >= 11 is 0. The Labute approximate surface area is 170 Å². The Morgan fingerprint density at radius 1 is 1.00 bits per heavy atom. The summed E-state index contributed by atoms with van der Waals surface area (Å²) in [5, 5.41) is 3.34. The maximum Gasteiger partial charge on any atom is 0.157 e. The second-order valence-corrected chi connectivity index (χ2v) is 7.27. The van der Waals surface area contributed by atoms with Crippen molar-refractivity contribution >= 4 is 23.0 Å². The molecule has 1 aromatic carbocycles. The summed E-state index contributed by atoms with van der Waals surface area (Å²) in [6.07, 6.45) is 1.55. The van der Waals surface area contributed by atoms with Gasteiger partial charge in [0.15, 0.2) is 11.6 Å². The summed E-state index contributed by atoms with van der Waals surface area (Å²) in [6.45, 7) is 8.05. The van der Waals surface area contributed by atoms with Crippen molar-refractivity contribution in [3.63, 3.8) is 0 Å². The van der Waals surface area contributed by atoms with Gasteiger partial charge < -0.3 is 25.6 Å². The van der Waals surface area contributed by atoms with E-state index in [4.69, 9.17) is 10.5 Å². The SMILES string of the molecule is Nc1c(NCCN2CCOCC2)ncnc1N1CCN(c2ccccc2F)CC1. The van der Waals surface area contributed by atoms with Gasteiger partial charge in [-0.1, -0.05) is 12.1 Å². The van der Waals surface area contributed by atoms with Crippen molar-refractivity contribution in [1.82, 2.24) is 14.9 Å². The highest BCUT2D eigenvalue weighted by Gasteiger charge is 2.22. The Morgan fingerprint density at radius 2 is 1.72 bits per heavy atom. The molecule has 0 saturated carbocycles. The number of nitrogens with two attached hydrogens (primary N) is 1. The number of nitrogen functional groups attached to an aromatic ring is 1. The molecule has 2 aromatic rings. The molecule has 3 heterocycles. The molecular weight excluding hydrogens is 373 g/mol. The third kappa shape index (κ3) is 4.68. The lowest BCUT2D eigenvalue weighted by Gasteiger charge is -2.37. The van der Waals surface area contributed by atoms with Crippen LogP contribution in [0.15, 0.2) is 30.6 Å². The Morgan fingerprint density at radius 3 is 2.48 bits per heavy atom. The number of piperazine rings is 1. The molecule has 9 heteroatoms. The zero-order valence-electron chi connectivity index (χ0n) is 16.6. The lowest BCUT2D eigenvalue weighted by atomic mass is 10.2. The Bertz CT molecular complexity index is 807. The standard InChI is InChI=1S/C20H28FN7O/c21-16-3-1-2-4-17(16)27-7-9-28(10-8-27)20-18(22)19(24-15-25-20)23-5-6-26-11-13-29-14-12-26/h1-4,15H,5-14,22H2,(H,23,24,25). The number of hydrogen-bond acceptors (Lipinski definition) is 8. The van der Waals surface area contributed by atoms with E-state index >= 15 is 0 Å². The van der Waals surface area contributed by atoms with E-state index in [2.05, 4.69) is 30.0 Å². The molecule has 0 bridgehead atoms. The molecule has 0 radical (unpaired) electrons. The summed E-state index contributed by atoms with van der Waals surface area (Å²) < 4.78 is 19.4. The molecule has 8 nitrogen and oxygen atoms in total. The number of aromatic nitrogens is 2. The van der Waals surface area contributed by atoms with Crippen LogP contribution in [0, 0.1) is 5.82 Å². The van der Waals surface area contributed by atoms with Crippen LogP contribution in [-0.2, 0) is 4.74 Å². The Hall–Kier alpha value is -2.65. The van der Waals surface area contributed by atoms with Crippen molar-refractivity contribution in [3.05, 3.63) is 36.4 Å². The highest BCUT2D eigenvalue weighted by Crippen LogP contribution is 2.28. The monoisotopic (exact) mass is 401 g/mol. The van der Waals surface area contributed by atoms with Crippen molar-refractivity contribution in [1.29, 1.82) is 0 Å². The molecule has 3 N–H and O–H groups in total. The van der Waals surface area contributed by atoms with Crippen LogP contribution < -0.4 is 20.9 Å². The summed E-state index contributed by atoms with van der Waals surface area (Å²) in [5.41, 5.74) is 7.58. The van der Waals surface area contributed by atoms with Gasteiger partial charge in [-0.05, 0) is 12.1 Å². The van der Waals surface area contributed by atoms with E-state index in [1.165, 1.54) is 6.07 Å². The largest absolute Gasteiger partial charge is 0.393 e. The van der Waals surface area contributed by atoms with Gasteiger partial charge in [0.25, 0.3) is 0 Å². The van der Waals surface area contributed by atoms with Crippen LogP contribution in [0.5, 0.6) is 0 Å². The van der Waals surface area contributed by atoms with Crippen molar-refractivity contribution < 1.29 is 9.13 Å². The zero-order valence-corrected chi connectivity index (χ0v) is 16.6. The molecule has 0 amide bonds. The number of hydrogen-bond donors (Lipinski definition) is 2. The number of nitrogens with one attached hydrogen (secondary N) is 1. The molecule has 0 aliphatic carbocycles. The smallest absolute Gasteiger partial charge is 0.157 e. The first-order valence-electron chi connectivity index (χ1n) is 10.1. The molecule has 2 fully saturated rings. The van der Waals surface area contributed by atoms with Gasteiger partial charge in [-0.15, -0.1) is 0 Å². The molecule has 0 unspecified atom stereocenters. The van der Waals surface area contributed by atoms with E-state index < -0.39 is 0 Å². The first kappa shape index (κ1) is 19.7. The number of halogens is 1. The third-order valence-corrected chi connectivity index (χ3v) is 5.46. The average Bonchev–Trinajstić information content (AvgIpc) is 2.76. The van der Waals surface area contributed by atoms with Crippen molar-refractivity contribution in [3.8, 4) is 0 Å². The second kappa shape index (κ2) is 9.23. The normalized spacial score (nSPS) is 18.1. The summed E-state index contributed by atoms with van der Waals surface area (Å²) in [5.74, 6) is 1.22. The molecule has 1 aromatic heterocycles. The van der Waals surface area contributed by atoms with Gasteiger partial charge in [-0.2, -0.15) is 0 Å². The lowest BCUT2D eigenvalue weighted by Crippen LogP contribution is -2.47. The quantitative estimate of drug-likeness (QED) is 0.749. The van der Waals surface area contributed by atoms with Gasteiger partial charge in [-0.3, -0.25) is 4.90 Å². The highest BCUT2D eigenvalue weighted by molar-refractivity contribution is 5.75. The van der Waals surface area contributed by atoms with Crippen LogP contribution in [-0.4, -0.2) is 80.4 Å².